The third-order valence-corrected chi connectivity index (χ3v) is 4.37. The molecule has 0 saturated heterocycles. The van der Waals surface area contributed by atoms with Gasteiger partial charge in [0.25, 0.3) is 5.91 Å². The fourth-order valence-corrected chi connectivity index (χ4v) is 3.50. The number of carboxylic acids is 1. The van der Waals surface area contributed by atoms with Crippen LogP contribution in [0.4, 0.5) is 0 Å². The van der Waals surface area contributed by atoms with Crippen LogP contribution in [0.3, 0.4) is 0 Å². The Labute approximate surface area is 167 Å². The summed E-state index contributed by atoms with van der Waals surface area (Å²) in [5, 5.41) is 11.8. The molecule has 2 N–H and O–H groups in total. The van der Waals surface area contributed by atoms with Crippen molar-refractivity contribution in [3.63, 3.8) is 0 Å². The fraction of sp³-hybridized carbons (Fsp3) is 0.0526. The minimum Gasteiger partial charge on any atom is -0.487 e. The molecule has 0 aliphatic carbocycles. The van der Waals surface area contributed by atoms with Crippen LogP contribution in [0.2, 0.25) is 0 Å². The second-order valence-corrected chi connectivity index (χ2v) is 6.81. The van der Waals surface area contributed by atoms with Gasteiger partial charge in [0.05, 0.1) is 8.95 Å². The number of carbonyl (C=O) groups is 2. The van der Waals surface area contributed by atoms with Gasteiger partial charge in [-0.25, -0.2) is 4.79 Å². The Morgan fingerprint density at radius 2 is 1.77 bits per heavy atom. The molecule has 5 nitrogen and oxygen atoms in total. The van der Waals surface area contributed by atoms with Gasteiger partial charge < -0.3 is 15.2 Å². The van der Waals surface area contributed by atoms with E-state index in [9.17, 15) is 14.7 Å². The maximum absolute atomic E-state index is 12.2. The highest BCUT2D eigenvalue weighted by Gasteiger charge is 2.14. The van der Waals surface area contributed by atoms with Crippen LogP contribution in [0.15, 0.2) is 69.8 Å². The second-order valence-electron chi connectivity index (χ2n) is 5.10. The maximum atomic E-state index is 12.2. The summed E-state index contributed by atoms with van der Waals surface area (Å²) >= 11 is 6.78. The number of amides is 1. The van der Waals surface area contributed by atoms with Gasteiger partial charge in [-0.15, -0.1) is 0 Å². The van der Waals surface area contributed by atoms with Gasteiger partial charge in [-0.3, -0.25) is 4.79 Å². The van der Waals surface area contributed by atoms with Crippen LogP contribution in [0.25, 0.3) is 6.08 Å². The van der Waals surface area contributed by atoms with Crippen LogP contribution < -0.4 is 10.1 Å². The van der Waals surface area contributed by atoms with E-state index in [2.05, 4.69) is 43.8 Å². The summed E-state index contributed by atoms with van der Waals surface area (Å²) in [6.07, 6.45) is 2.99. The molecule has 0 bridgehead atoms. The van der Waals surface area contributed by atoms with Crippen molar-refractivity contribution in [2.75, 3.05) is 6.61 Å². The molecule has 0 saturated carbocycles. The first kappa shape index (κ1) is 19.9. The number of hydrogen-bond acceptors (Lipinski definition) is 3. The van der Waals surface area contributed by atoms with E-state index >= 15 is 0 Å². The lowest BCUT2D eigenvalue weighted by Crippen LogP contribution is -2.27. The Hall–Kier alpha value is -2.38. The number of rotatable bonds is 7. The Bertz CT molecular complexity index is 840. The van der Waals surface area contributed by atoms with Gasteiger partial charge in [0.2, 0.25) is 0 Å². The van der Waals surface area contributed by atoms with Gasteiger partial charge >= 0.3 is 5.97 Å². The van der Waals surface area contributed by atoms with E-state index in [1.165, 1.54) is 6.08 Å². The van der Waals surface area contributed by atoms with Gasteiger partial charge in [-0.2, -0.15) is 0 Å². The van der Waals surface area contributed by atoms with Crippen molar-refractivity contribution in [2.24, 2.45) is 0 Å². The standard InChI is InChI=1S/C19H15Br2NO4/c1-2-8-26-17-14(20)9-12(10-15(17)21)11-16(19(24)25)22-18(23)13-6-4-3-5-7-13/h2-7,9-11H,1,8H2,(H,22,23)(H,24,25). The Kier molecular flexibility index (Phi) is 7.17. The lowest BCUT2D eigenvalue weighted by Gasteiger charge is -2.11. The number of hydrogen-bond donors (Lipinski definition) is 2. The van der Waals surface area contributed by atoms with E-state index in [0.717, 1.165) is 0 Å². The zero-order valence-corrected chi connectivity index (χ0v) is 16.7. The summed E-state index contributed by atoms with van der Waals surface area (Å²) in [6.45, 7) is 3.93. The van der Waals surface area contributed by atoms with Crippen LogP contribution in [-0.4, -0.2) is 23.6 Å². The number of carbonyl (C=O) groups excluding carboxylic acids is 1. The second kappa shape index (κ2) is 9.35. The number of ether oxygens (including phenoxy) is 1. The Balaban J connectivity index is 2.30. The summed E-state index contributed by atoms with van der Waals surface area (Å²) in [5.41, 5.74) is 0.702. The molecule has 0 aromatic heterocycles. The zero-order chi connectivity index (χ0) is 19.1. The summed E-state index contributed by atoms with van der Waals surface area (Å²) < 4.78 is 6.80. The highest BCUT2D eigenvalue weighted by atomic mass is 79.9. The lowest BCUT2D eigenvalue weighted by atomic mass is 10.1. The predicted molar refractivity (Wildman–Crippen MR) is 107 cm³/mol. The minimum absolute atomic E-state index is 0.239. The molecule has 0 spiro atoms. The van der Waals surface area contributed by atoms with Crippen molar-refractivity contribution < 1.29 is 19.4 Å². The zero-order valence-electron chi connectivity index (χ0n) is 13.5. The van der Waals surface area contributed by atoms with Crippen molar-refractivity contribution in [3.8, 4) is 5.75 Å². The van der Waals surface area contributed by atoms with Crippen molar-refractivity contribution in [3.05, 3.63) is 80.9 Å². The monoisotopic (exact) mass is 479 g/mol. The fourth-order valence-electron chi connectivity index (χ4n) is 2.04. The van der Waals surface area contributed by atoms with Crippen LogP contribution >= 0.6 is 31.9 Å². The van der Waals surface area contributed by atoms with E-state index in [4.69, 9.17) is 4.74 Å². The largest absolute Gasteiger partial charge is 0.487 e. The molecule has 134 valence electrons. The van der Waals surface area contributed by atoms with E-state index in [1.807, 2.05) is 0 Å². The van der Waals surface area contributed by atoms with E-state index < -0.39 is 11.9 Å². The molecule has 0 unspecified atom stereocenters. The summed E-state index contributed by atoms with van der Waals surface area (Å²) in [6, 6.07) is 11.8. The number of aliphatic carboxylic acids is 1. The molecular weight excluding hydrogens is 466 g/mol. The summed E-state index contributed by atoms with van der Waals surface area (Å²) in [7, 11) is 0. The normalized spacial score (nSPS) is 10.9. The summed E-state index contributed by atoms with van der Waals surface area (Å²) in [4.78, 5) is 23.7. The molecule has 0 fully saturated rings. The topological polar surface area (TPSA) is 75.6 Å². The van der Waals surface area contributed by atoms with Crippen LogP contribution in [-0.2, 0) is 4.79 Å². The molecule has 1 amide bonds. The van der Waals surface area contributed by atoms with E-state index in [-0.39, 0.29) is 5.70 Å². The smallest absolute Gasteiger partial charge is 0.352 e. The molecule has 7 heteroatoms. The number of halogens is 2. The third kappa shape index (κ3) is 5.31. The molecule has 0 aliphatic heterocycles. The molecule has 0 radical (unpaired) electrons. The molecule has 0 atom stereocenters. The first-order chi connectivity index (χ1) is 12.4. The molecule has 2 aromatic rings. The van der Waals surface area contributed by atoms with Gasteiger partial charge in [0.15, 0.2) is 0 Å². The van der Waals surface area contributed by atoms with E-state index in [1.54, 1.807) is 48.5 Å². The third-order valence-electron chi connectivity index (χ3n) is 3.19. The van der Waals surface area contributed by atoms with Crippen LogP contribution in [0, 0.1) is 0 Å². The van der Waals surface area contributed by atoms with Gasteiger partial charge in [-0.05, 0) is 67.8 Å². The molecule has 26 heavy (non-hydrogen) atoms. The number of carboxylic acid groups (broad SMARTS) is 1. The maximum Gasteiger partial charge on any atom is 0.352 e. The molecular formula is C19H15Br2NO4. The van der Waals surface area contributed by atoms with Crippen molar-refractivity contribution >= 4 is 49.8 Å². The summed E-state index contributed by atoms with van der Waals surface area (Å²) in [5.74, 6) is -1.16. The Morgan fingerprint density at radius 3 is 2.31 bits per heavy atom. The Morgan fingerprint density at radius 1 is 1.15 bits per heavy atom. The van der Waals surface area contributed by atoms with Gasteiger partial charge in [0, 0.05) is 5.56 Å². The highest BCUT2D eigenvalue weighted by molar-refractivity contribution is 9.11. The molecule has 2 rings (SSSR count). The molecule has 0 heterocycles. The SMILES string of the molecule is C=CCOc1c(Br)cc(C=C(NC(=O)c2ccccc2)C(=O)O)cc1Br. The van der Waals surface area contributed by atoms with Gasteiger partial charge in [-0.1, -0.05) is 30.9 Å². The lowest BCUT2D eigenvalue weighted by molar-refractivity contribution is -0.132. The number of nitrogens with one attached hydrogen (secondary N) is 1. The quantitative estimate of drug-likeness (QED) is 0.447. The van der Waals surface area contributed by atoms with Gasteiger partial charge in [0.1, 0.15) is 18.1 Å². The predicted octanol–water partition coefficient (Wildman–Crippen LogP) is 4.63. The van der Waals surface area contributed by atoms with E-state index in [0.29, 0.717) is 32.4 Å². The van der Waals surface area contributed by atoms with Crippen molar-refractivity contribution in [1.82, 2.24) is 5.32 Å². The molecule has 0 aliphatic rings. The van der Waals surface area contributed by atoms with Crippen molar-refractivity contribution in [2.45, 2.75) is 0 Å². The van der Waals surface area contributed by atoms with Crippen LogP contribution in [0.1, 0.15) is 15.9 Å². The average molecular weight is 481 g/mol. The highest BCUT2D eigenvalue weighted by Crippen LogP contribution is 2.35. The van der Waals surface area contributed by atoms with Crippen LogP contribution in [0.5, 0.6) is 5.75 Å². The van der Waals surface area contributed by atoms with Crippen molar-refractivity contribution in [1.29, 1.82) is 0 Å². The first-order valence-electron chi connectivity index (χ1n) is 7.46. The number of benzene rings is 2. The molecule has 2 aromatic carbocycles. The average Bonchev–Trinajstić information content (AvgIpc) is 2.61. The minimum atomic E-state index is -1.24. The first-order valence-corrected chi connectivity index (χ1v) is 9.05.